The van der Waals surface area contributed by atoms with E-state index in [4.69, 9.17) is 5.73 Å². The third-order valence-corrected chi connectivity index (χ3v) is 3.57. The number of nitrogens with zero attached hydrogens (tertiary/aromatic N) is 1. The lowest BCUT2D eigenvalue weighted by atomic mass is 10.0. The fourth-order valence-electron chi connectivity index (χ4n) is 2.62. The average Bonchev–Trinajstić information content (AvgIpc) is 2.37. The Morgan fingerprint density at radius 2 is 1.48 bits per heavy atom. The number of rotatable bonds is 4. The first kappa shape index (κ1) is 15.4. The van der Waals surface area contributed by atoms with Crippen molar-refractivity contribution in [2.24, 2.45) is 5.73 Å². The zero-order chi connectivity index (χ0) is 15.6. The van der Waals surface area contributed by atoms with Crippen molar-refractivity contribution in [1.82, 2.24) is 0 Å². The molecule has 0 aromatic heterocycles. The van der Waals surface area contributed by atoms with Gasteiger partial charge in [-0.3, -0.25) is 0 Å². The summed E-state index contributed by atoms with van der Waals surface area (Å²) in [5.74, 6) is -1.17. The molecule has 0 radical (unpaired) electrons. The van der Waals surface area contributed by atoms with Crippen molar-refractivity contribution >= 4 is 5.69 Å². The van der Waals surface area contributed by atoms with Gasteiger partial charge in [-0.25, -0.2) is 8.78 Å². The van der Waals surface area contributed by atoms with Crippen LogP contribution in [0.25, 0.3) is 0 Å². The summed E-state index contributed by atoms with van der Waals surface area (Å²) < 4.78 is 26.8. The topological polar surface area (TPSA) is 29.3 Å². The van der Waals surface area contributed by atoms with E-state index in [1.165, 1.54) is 12.1 Å². The fraction of sp³-hybridized carbons (Fsp3) is 0.294. The fourth-order valence-corrected chi connectivity index (χ4v) is 2.62. The lowest BCUT2D eigenvalue weighted by Crippen LogP contribution is -2.30. The molecule has 4 heteroatoms. The van der Waals surface area contributed by atoms with Gasteiger partial charge in [0.2, 0.25) is 0 Å². The van der Waals surface area contributed by atoms with Gasteiger partial charge in [0, 0.05) is 25.3 Å². The maximum atomic E-state index is 13.4. The molecule has 2 N–H and O–H groups in total. The van der Waals surface area contributed by atoms with E-state index in [1.54, 1.807) is 0 Å². The molecule has 1 unspecified atom stereocenters. The van der Waals surface area contributed by atoms with E-state index >= 15 is 0 Å². The number of halogens is 2. The van der Waals surface area contributed by atoms with Crippen LogP contribution in [-0.2, 0) is 0 Å². The maximum absolute atomic E-state index is 13.4. The molecule has 0 amide bonds. The molecule has 0 aliphatic heterocycles. The summed E-state index contributed by atoms with van der Waals surface area (Å²) in [6.07, 6.45) is 0. The number of likely N-dealkylation sites (N-methyl/N-ethyl adjacent to an activating group) is 1. The van der Waals surface area contributed by atoms with Gasteiger partial charge in [0.1, 0.15) is 11.6 Å². The molecular weight excluding hydrogens is 270 g/mol. The minimum Gasteiger partial charge on any atom is -0.366 e. The van der Waals surface area contributed by atoms with E-state index in [1.807, 2.05) is 37.9 Å². The van der Waals surface area contributed by atoms with Crippen LogP contribution in [0.3, 0.4) is 0 Å². The van der Waals surface area contributed by atoms with Gasteiger partial charge in [-0.2, -0.15) is 0 Å². The Morgan fingerprint density at radius 1 is 0.952 bits per heavy atom. The highest BCUT2D eigenvalue weighted by atomic mass is 19.1. The lowest BCUT2D eigenvalue weighted by Gasteiger charge is -2.30. The first-order chi connectivity index (χ1) is 9.90. The average molecular weight is 290 g/mol. The highest BCUT2D eigenvalue weighted by Gasteiger charge is 2.18. The predicted molar refractivity (Wildman–Crippen MR) is 82.5 cm³/mol. The Kier molecular flexibility index (Phi) is 4.58. The van der Waals surface area contributed by atoms with Gasteiger partial charge in [-0.15, -0.1) is 0 Å². The third-order valence-electron chi connectivity index (χ3n) is 3.57. The SMILES string of the molecule is Cc1cc(C)cc(N(C)C(CN)c2cc(F)cc(F)c2)c1. The molecule has 0 saturated heterocycles. The monoisotopic (exact) mass is 290 g/mol. The van der Waals surface area contributed by atoms with Crippen molar-refractivity contribution in [2.75, 3.05) is 18.5 Å². The van der Waals surface area contributed by atoms with Crippen LogP contribution in [0.1, 0.15) is 22.7 Å². The summed E-state index contributed by atoms with van der Waals surface area (Å²) in [6.45, 7) is 4.31. The summed E-state index contributed by atoms with van der Waals surface area (Å²) >= 11 is 0. The van der Waals surface area contributed by atoms with Gasteiger partial charge in [0.05, 0.1) is 6.04 Å². The Morgan fingerprint density at radius 3 is 1.95 bits per heavy atom. The quantitative estimate of drug-likeness (QED) is 0.930. The number of benzene rings is 2. The molecule has 2 nitrogen and oxygen atoms in total. The van der Waals surface area contributed by atoms with Gasteiger partial charge in [-0.05, 0) is 54.8 Å². The molecule has 0 fully saturated rings. The molecule has 0 saturated carbocycles. The van der Waals surface area contributed by atoms with Crippen LogP contribution in [0.4, 0.5) is 14.5 Å². The first-order valence-electron chi connectivity index (χ1n) is 6.88. The molecule has 0 heterocycles. The minimum absolute atomic E-state index is 0.270. The van der Waals surface area contributed by atoms with Crippen molar-refractivity contribution < 1.29 is 8.78 Å². The van der Waals surface area contributed by atoms with Crippen LogP contribution in [0, 0.1) is 25.5 Å². The Labute approximate surface area is 124 Å². The Bertz CT molecular complexity index is 600. The van der Waals surface area contributed by atoms with E-state index in [-0.39, 0.29) is 12.6 Å². The maximum Gasteiger partial charge on any atom is 0.126 e. The number of anilines is 1. The van der Waals surface area contributed by atoms with Crippen molar-refractivity contribution in [1.29, 1.82) is 0 Å². The molecule has 2 aromatic carbocycles. The molecular formula is C17H20F2N2. The largest absolute Gasteiger partial charge is 0.366 e. The lowest BCUT2D eigenvalue weighted by molar-refractivity contribution is 0.570. The van der Waals surface area contributed by atoms with Crippen molar-refractivity contribution in [3.05, 3.63) is 64.7 Å². The highest BCUT2D eigenvalue weighted by molar-refractivity contribution is 5.52. The smallest absolute Gasteiger partial charge is 0.126 e. The Hall–Kier alpha value is -1.94. The van der Waals surface area contributed by atoms with Crippen LogP contribution in [0.15, 0.2) is 36.4 Å². The van der Waals surface area contributed by atoms with E-state index < -0.39 is 11.6 Å². The molecule has 1 atom stereocenters. The third kappa shape index (κ3) is 3.58. The second kappa shape index (κ2) is 6.22. The molecule has 0 spiro atoms. The van der Waals surface area contributed by atoms with Crippen LogP contribution in [0.5, 0.6) is 0 Å². The van der Waals surface area contributed by atoms with E-state index in [2.05, 4.69) is 6.07 Å². The predicted octanol–water partition coefficient (Wildman–Crippen LogP) is 3.72. The second-order valence-electron chi connectivity index (χ2n) is 5.41. The molecule has 2 aromatic rings. The summed E-state index contributed by atoms with van der Waals surface area (Å²) in [4.78, 5) is 1.95. The summed E-state index contributed by atoms with van der Waals surface area (Å²) in [7, 11) is 1.88. The van der Waals surface area contributed by atoms with Crippen LogP contribution in [0.2, 0.25) is 0 Å². The van der Waals surface area contributed by atoms with Gasteiger partial charge >= 0.3 is 0 Å². The second-order valence-corrected chi connectivity index (χ2v) is 5.41. The summed E-state index contributed by atoms with van der Waals surface area (Å²) in [5.41, 5.74) is 9.62. The molecule has 0 aliphatic carbocycles. The first-order valence-corrected chi connectivity index (χ1v) is 6.88. The Balaban J connectivity index is 2.40. The zero-order valence-corrected chi connectivity index (χ0v) is 12.5. The van der Waals surface area contributed by atoms with Crippen LogP contribution < -0.4 is 10.6 Å². The summed E-state index contributed by atoms with van der Waals surface area (Å²) in [6, 6.07) is 9.40. The molecule has 2 rings (SSSR count). The molecule has 21 heavy (non-hydrogen) atoms. The standard InChI is InChI=1S/C17H20F2N2/c1-11-4-12(2)6-16(5-11)21(3)17(10-20)13-7-14(18)9-15(19)8-13/h4-9,17H,10,20H2,1-3H3. The van der Waals surface area contributed by atoms with Gasteiger partial charge in [0.15, 0.2) is 0 Å². The summed E-state index contributed by atoms with van der Waals surface area (Å²) in [5, 5.41) is 0. The normalized spacial score (nSPS) is 12.3. The van der Waals surface area contributed by atoms with Gasteiger partial charge in [-0.1, -0.05) is 6.07 Å². The zero-order valence-electron chi connectivity index (χ0n) is 12.5. The van der Waals surface area contributed by atoms with Crippen molar-refractivity contribution in [3.8, 4) is 0 Å². The van der Waals surface area contributed by atoms with Crippen LogP contribution in [-0.4, -0.2) is 13.6 Å². The van der Waals surface area contributed by atoms with Gasteiger partial charge in [0.25, 0.3) is 0 Å². The van der Waals surface area contributed by atoms with E-state index in [9.17, 15) is 8.78 Å². The number of aryl methyl sites for hydroxylation is 2. The van der Waals surface area contributed by atoms with E-state index in [0.717, 1.165) is 22.9 Å². The minimum atomic E-state index is -0.586. The number of hydrogen-bond donors (Lipinski definition) is 1. The number of nitrogens with two attached hydrogens (primary N) is 1. The number of hydrogen-bond acceptors (Lipinski definition) is 2. The molecule has 0 bridgehead atoms. The van der Waals surface area contributed by atoms with Crippen molar-refractivity contribution in [2.45, 2.75) is 19.9 Å². The molecule has 112 valence electrons. The van der Waals surface area contributed by atoms with Crippen LogP contribution >= 0.6 is 0 Å². The van der Waals surface area contributed by atoms with E-state index in [0.29, 0.717) is 5.56 Å². The van der Waals surface area contributed by atoms with Gasteiger partial charge < -0.3 is 10.6 Å². The molecule has 0 aliphatic rings. The highest BCUT2D eigenvalue weighted by Crippen LogP contribution is 2.27. The van der Waals surface area contributed by atoms with Crippen molar-refractivity contribution in [3.63, 3.8) is 0 Å².